The van der Waals surface area contributed by atoms with Crippen LogP contribution in [0.15, 0.2) is 122 Å². The Bertz CT molecular complexity index is 2740. The summed E-state index contributed by atoms with van der Waals surface area (Å²) in [5, 5.41) is 3.48. The van der Waals surface area contributed by atoms with Gasteiger partial charge < -0.3 is 47.6 Å². The number of anilines is 4. The summed E-state index contributed by atoms with van der Waals surface area (Å²) in [7, 11) is 1.37. The Hall–Kier alpha value is -7.07. The van der Waals surface area contributed by atoms with Crippen LogP contribution < -0.4 is 22.9 Å². The van der Waals surface area contributed by atoms with Crippen molar-refractivity contribution in [2.24, 2.45) is 0 Å². The largest absolute Gasteiger partial charge is 0.465 e. The molecule has 0 aliphatic heterocycles. The maximum atomic E-state index is 13.8. The predicted octanol–water partition coefficient (Wildman–Crippen LogP) is 7.89. The molecule has 0 fully saturated rings. The number of carbonyl (C=O) groups excluding carboxylic acids is 1. The molecule has 1 atom stereocenters. The molecule has 0 spiro atoms. The molecule has 256 valence electrons. The average molecular weight is 685 g/mol. The summed E-state index contributed by atoms with van der Waals surface area (Å²) in [6.45, 7) is 0. The molecule has 10 nitrogen and oxygen atoms in total. The molecular weight excluding hydrogens is 649 g/mol. The summed E-state index contributed by atoms with van der Waals surface area (Å²) in [5.41, 5.74) is 35.8. The fraction of sp³-hybridized carbons (Fsp3) is 0.0714. The molecule has 0 amide bonds. The van der Waals surface area contributed by atoms with Crippen molar-refractivity contribution in [3.8, 4) is 0 Å². The van der Waals surface area contributed by atoms with Crippen molar-refractivity contribution in [3.63, 3.8) is 0 Å². The normalized spacial score (nSPS) is 13.0. The van der Waals surface area contributed by atoms with Crippen molar-refractivity contribution in [2.75, 3.05) is 30.0 Å². The van der Waals surface area contributed by atoms with Gasteiger partial charge in [-0.25, -0.2) is 4.79 Å². The van der Waals surface area contributed by atoms with Crippen molar-refractivity contribution in [1.82, 2.24) is 19.9 Å². The van der Waals surface area contributed by atoms with E-state index in [4.69, 9.17) is 27.7 Å². The Labute approximate surface area is 297 Å². The minimum atomic E-state index is -1.10. The molecule has 0 saturated heterocycles. The van der Waals surface area contributed by atoms with E-state index < -0.39 is 17.3 Å². The van der Waals surface area contributed by atoms with E-state index in [1.165, 1.54) is 7.11 Å². The zero-order chi connectivity index (χ0) is 35.7. The second kappa shape index (κ2) is 11.5. The molecular formula is C42H36N8O2. The smallest absolute Gasteiger partial charge is 0.340 e. The molecule has 4 aromatic heterocycles. The van der Waals surface area contributed by atoms with Gasteiger partial charge in [-0.15, -0.1) is 0 Å². The number of hydrogen-bond donors (Lipinski definition) is 8. The number of rotatable bonds is 7. The number of nitrogens with two attached hydrogens (primary N) is 4. The van der Waals surface area contributed by atoms with Crippen molar-refractivity contribution in [3.05, 3.63) is 155 Å². The van der Waals surface area contributed by atoms with E-state index in [1.807, 2.05) is 85.1 Å². The number of fused-ring (bicyclic) bond motifs is 4. The van der Waals surface area contributed by atoms with Gasteiger partial charge in [-0.3, -0.25) is 0 Å². The van der Waals surface area contributed by atoms with Gasteiger partial charge in [-0.1, -0.05) is 30.3 Å². The van der Waals surface area contributed by atoms with Gasteiger partial charge >= 0.3 is 5.97 Å². The first-order valence-corrected chi connectivity index (χ1v) is 16.9. The molecule has 9 aromatic rings. The minimum absolute atomic E-state index is 0.279. The number of H-pyrrole nitrogens is 4. The number of nitrogen functional groups attached to an aromatic ring is 4. The standard InChI is InChI=1S/C42H36N8O2/c1-52-41(51)39-33(46)10-14-37-38(39)32(21-50-37)42(22-5-3-2-4-6-22,31-20-49-36-13-9-25(45)17-28(31)36)40(29-18-47-34-11-7-23(43)15-26(29)34)30-19-48-35-12-8-24(44)16-27(30)35/h2-21,40,47-50H,43-46H2,1H3. The predicted molar refractivity (Wildman–Crippen MR) is 210 cm³/mol. The van der Waals surface area contributed by atoms with Gasteiger partial charge in [0.1, 0.15) is 0 Å². The van der Waals surface area contributed by atoms with Crippen molar-refractivity contribution >= 4 is 72.3 Å². The lowest BCUT2D eigenvalue weighted by molar-refractivity contribution is 0.0604. The molecule has 5 aromatic carbocycles. The highest BCUT2D eigenvalue weighted by Gasteiger charge is 2.50. The Kier molecular flexibility index (Phi) is 6.84. The molecule has 10 heteroatoms. The van der Waals surface area contributed by atoms with Crippen LogP contribution in [0.4, 0.5) is 22.7 Å². The fourth-order valence-electron chi connectivity index (χ4n) is 8.40. The van der Waals surface area contributed by atoms with Crippen molar-refractivity contribution < 1.29 is 9.53 Å². The van der Waals surface area contributed by atoms with E-state index in [0.717, 1.165) is 66.0 Å². The second-order valence-corrected chi connectivity index (χ2v) is 13.4. The third-order valence-corrected chi connectivity index (χ3v) is 10.6. The Balaban J connectivity index is 1.57. The topological polar surface area (TPSA) is 194 Å². The van der Waals surface area contributed by atoms with Gasteiger partial charge in [0.05, 0.1) is 18.1 Å². The molecule has 12 N–H and O–H groups in total. The number of esters is 1. The number of carbonyl (C=O) groups is 1. The molecule has 0 bridgehead atoms. The van der Waals surface area contributed by atoms with Gasteiger partial charge in [0.2, 0.25) is 0 Å². The second-order valence-electron chi connectivity index (χ2n) is 13.4. The van der Waals surface area contributed by atoms with Gasteiger partial charge in [-0.05, 0) is 94.5 Å². The van der Waals surface area contributed by atoms with E-state index >= 15 is 0 Å². The van der Waals surface area contributed by atoms with Crippen LogP contribution in [0.5, 0.6) is 0 Å². The van der Waals surface area contributed by atoms with E-state index in [0.29, 0.717) is 28.1 Å². The highest BCUT2D eigenvalue weighted by atomic mass is 16.5. The van der Waals surface area contributed by atoms with E-state index in [9.17, 15) is 4.79 Å². The number of aromatic nitrogens is 4. The zero-order valence-corrected chi connectivity index (χ0v) is 28.3. The maximum Gasteiger partial charge on any atom is 0.340 e. The summed E-state index contributed by atoms with van der Waals surface area (Å²) in [6.07, 6.45) is 8.17. The minimum Gasteiger partial charge on any atom is -0.465 e. The van der Waals surface area contributed by atoms with E-state index in [1.54, 1.807) is 6.07 Å². The molecule has 0 aliphatic rings. The highest BCUT2D eigenvalue weighted by molar-refractivity contribution is 6.11. The highest BCUT2D eigenvalue weighted by Crippen LogP contribution is 2.58. The monoisotopic (exact) mass is 684 g/mol. The number of benzene rings is 5. The first-order valence-electron chi connectivity index (χ1n) is 16.9. The Morgan fingerprint density at radius 1 is 0.596 bits per heavy atom. The van der Waals surface area contributed by atoms with Gasteiger partial charge in [0, 0.05) is 97.1 Å². The van der Waals surface area contributed by atoms with Gasteiger partial charge in [0.25, 0.3) is 0 Å². The van der Waals surface area contributed by atoms with Crippen LogP contribution in [0.25, 0.3) is 43.6 Å². The number of ether oxygens (including phenoxy) is 1. The Morgan fingerprint density at radius 2 is 1.10 bits per heavy atom. The maximum absolute atomic E-state index is 13.8. The lowest BCUT2D eigenvalue weighted by atomic mass is 9.57. The van der Waals surface area contributed by atoms with E-state index in [-0.39, 0.29) is 5.56 Å². The summed E-state index contributed by atoms with van der Waals surface area (Å²) in [5.74, 6) is -1.03. The molecule has 0 aliphatic carbocycles. The quantitative estimate of drug-likeness (QED) is 0.0621. The van der Waals surface area contributed by atoms with E-state index in [2.05, 4.69) is 50.7 Å². The fourth-order valence-corrected chi connectivity index (χ4v) is 8.40. The van der Waals surface area contributed by atoms with Crippen molar-refractivity contribution in [1.29, 1.82) is 0 Å². The average Bonchev–Trinajstić information content (AvgIpc) is 3.96. The lowest BCUT2D eigenvalue weighted by Gasteiger charge is -2.42. The third-order valence-electron chi connectivity index (χ3n) is 10.6. The summed E-state index contributed by atoms with van der Waals surface area (Å²) < 4.78 is 5.40. The van der Waals surface area contributed by atoms with Crippen LogP contribution >= 0.6 is 0 Å². The number of aromatic amines is 4. The van der Waals surface area contributed by atoms with Crippen LogP contribution in [0, 0.1) is 0 Å². The summed E-state index contributed by atoms with van der Waals surface area (Å²) in [4.78, 5) is 27.9. The Morgan fingerprint density at radius 3 is 1.69 bits per heavy atom. The molecule has 0 radical (unpaired) electrons. The van der Waals surface area contributed by atoms with Crippen LogP contribution in [-0.4, -0.2) is 33.0 Å². The summed E-state index contributed by atoms with van der Waals surface area (Å²) >= 11 is 0. The van der Waals surface area contributed by atoms with Crippen molar-refractivity contribution in [2.45, 2.75) is 11.3 Å². The molecule has 0 saturated carbocycles. The third kappa shape index (κ3) is 4.40. The first kappa shape index (κ1) is 30.9. The first-order chi connectivity index (χ1) is 25.3. The number of nitrogens with one attached hydrogen (secondary N) is 4. The summed E-state index contributed by atoms with van der Waals surface area (Å²) in [6, 6.07) is 31.6. The molecule has 4 heterocycles. The van der Waals surface area contributed by atoms with Crippen LogP contribution in [0.2, 0.25) is 0 Å². The van der Waals surface area contributed by atoms with Crippen LogP contribution in [0.3, 0.4) is 0 Å². The number of hydrogen-bond acceptors (Lipinski definition) is 6. The van der Waals surface area contributed by atoms with Crippen LogP contribution in [-0.2, 0) is 10.2 Å². The number of methoxy groups -OCH3 is 1. The van der Waals surface area contributed by atoms with Gasteiger partial charge in [0.15, 0.2) is 0 Å². The van der Waals surface area contributed by atoms with Gasteiger partial charge in [-0.2, -0.15) is 0 Å². The van der Waals surface area contributed by atoms with Crippen LogP contribution in [0.1, 0.15) is 44.1 Å². The zero-order valence-electron chi connectivity index (χ0n) is 28.3. The molecule has 1 unspecified atom stereocenters. The lowest BCUT2D eigenvalue weighted by Crippen LogP contribution is -2.37. The molecule has 52 heavy (non-hydrogen) atoms. The molecule has 9 rings (SSSR count). The SMILES string of the molecule is COC(=O)c1c(N)ccc2[nH]cc(C(c3ccccc3)(c3c[nH]c4ccc(N)cc34)C(c3c[nH]c4ccc(N)cc34)c3c[nH]c4ccc(N)cc34)c12.